The molecule has 0 fully saturated rings. The Kier molecular flexibility index (Phi) is 5.70. The van der Waals surface area contributed by atoms with Crippen LogP contribution in [0.2, 0.25) is 5.02 Å². The van der Waals surface area contributed by atoms with Gasteiger partial charge in [0.15, 0.2) is 11.2 Å². The summed E-state index contributed by atoms with van der Waals surface area (Å²) in [5.74, 6) is 0.827. The number of aromatic nitrogens is 1. The minimum atomic E-state index is -1.09. The van der Waals surface area contributed by atoms with Gasteiger partial charge in [-0.1, -0.05) is 23.7 Å². The monoisotopic (exact) mass is 448 g/mol. The van der Waals surface area contributed by atoms with Gasteiger partial charge in [0.1, 0.15) is 11.3 Å². The Bertz CT molecular complexity index is 1310. The average molecular weight is 449 g/mol. The molecule has 164 valence electrons. The highest BCUT2D eigenvalue weighted by atomic mass is 35.5. The van der Waals surface area contributed by atoms with Gasteiger partial charge in [-0.2, -0.15) is 0 Å². The first-order valence-corrected chi connectivity index (χ1v) is 10.8. The zero-order valence-corrected chi connectivity index (χ0v) is 19.5. The van der Waals surface area contributed by atoms with Crippen LogP contribution in [0, 0.1) is 20.8 Å². The Morgan fingerprint density at radius 3 is 2.50 bits per heavy atom. The number of halogens is 1. The van der Waals surface area contributed by atoms with E-state index in [2.05, 4.69) is 16.4 Å². The first kappa shape index (κ1) is 21.9. The normalized spacial score (nSPS) is 11.6. The number of benzene rings is 3. The van der Waals surface area contributed by atoms with Crippen molar-refractivity contribution in [1.82, 2.24) is 4.98 Å². The van der Waals surface area contributed by atoms with Crippen molar-refractivity contribution in [3.8, 4) is 17.2 Å². The molecule has 4 aromatic rings. The Morgan fingerprint density at radius 2 is 1.78 bits per heavy atom. The topological polar surface area (TPSA) is 64.4 Å². The van der Waals surface area contributed by atoms with Gasteiger partial charge in [-0.15, -0.1) is 0 Å². The Hall–Kier alpha value is -3.31. The van der Waals surface area contributed by atoms with Crippen molar-refractivity contribution in [1.29, 1.82) is 0 Å². The molecule has 4 rings (SSSR count). The van der Waals surface area contributed by atoms with Crippen LogP contribution in [0.15, 0.2) is 59.0 Å². The van der Waals surface area contributed by atoms with Gasteiger partial charge in [0, 0.05) is 16.3 Å². The van der Waals surface area contributed by atoms with Gasteiger partial charge in [-0.25, -0.2) is 4.98 Å². The molecule has 0 bridgehead atoms. The number of amides is 1. The van der Waals surface area contributed by atoms with Crippen molar-refractivity contribution in [2.75, 3.05) is 5.32 Å². The summed E-state index contributed by atoms with van der Waals surface area (Å²) >= 11 is 5.93. The molecule has 1 aromatic heterocycles. The first-order chi connectivity index (χ1) is 15.1. The lowest BCUT2D eigenvalue weighted by Crippen LogP contribution is -2.42. The molecule has 5 nitrogen and oxygen atoms in total. The van der Waals surface area contributed by atoms with Gasteiger partial charge in [0.05, 0.1) is 0 Å². The largest absolute Gasteiger partial charge is 0.478 e. The molecule has 0 unspecified atom stereocenters. The highest BCUT2D eigenvalue weighted by molar-refractivity contribution is 6.30. The third kappa shape index (κ3) is 4.34. The predicted octanol–water partition coefficient (Wildman–Crippen LogP) is 6.87. The molecular weight excluding hydrogens is 424 g/mol. The van der Waals surface area contributed by atoms with E-state index in [0.29, 0.717) is 22.4 Å². The summed E-state index contributed by atoms with van der Waals surface area (Å²) in [6, 6.07) is 16.7. The van der Waals surface area contributed by atoms with Gasteiger partial charge in [0.2, 0.25) is 5.89 Å². The fourth-order valence-corrected chi connectivity index (χ4v) is 3.74. The average Bonchev–Trinajstić information content (AvgIpc) is 3.15. The van der Waals surface area contributed by atoms with E-state index in [-0.39, 0.29) is 5.91 Å². The summed E-state index contributed by atoms with van der Waals surface area (Å²) in [6.07, 6.45) is 0. The summed E-state index contributed by atoms with van der Waals surface area (Å²) in [6.45, 7) is 9.43. The molecule has 0 aliphatic rings. The number of anilines is 1. The summed E-state index contributed by atoms with van der Waals surface area (Å²) in [4.78, 5) is 17.7. The minimum absolute atomic E-state index is 0.267. The number of oxazole rings is 1. The van der Waals surface area contributed by atoms with Crippen molar-refractivity contribution < 1.29 is 13.9 Å². The van der Waals surface area contributed by atoms with E-state index in [1.54, 1.807) is 38.1 Å². The molecule has 0 aliphatic carbocycles. The molecule has 1 amide bonds. The summed E-state index contributed by atoms with van der Waals surface area (Å²) in [5.41, 5.74) is 5.05. The highest BCUT2D eigenvalue weighted by Crippen LogP contribution is 2.32. The number of hydrogen-bond donors (Lipinski definition) is 1. The second-order valence-corrected chi connectivity index (χ2v) is 8.88. The molecule has 1 heterocycles. The maximum Gasteiger partial charge on any atom is 0.267 e. The van der Waals surface area contributed by atoms with Crippen LogP contribution in [0.1, 0.15) is 30.5 Å². The van der Waals surface area contributed by atoms with Crippen molar-refractivity contribution in [2.45, 2.75) is 40.2 Å². The molecule has 3 aromatic carbocycles. The van der Waals surface area contributed by atoms with Crippen molar-refractivity contribution in [3.63, 3.8) is 0 Å². The molecule has 0 radical (unpaired) electrons. The van der Waals surface area contributed by atoms with E-state index < -0.39 is 5.60 Å². The zero-order valence-electron chi connectivity index (χ0n) is 18.7. The third-order valence-corrected chi connectivity index (χ3v) is 5.62. The second kappa shape index (κ2) is 8.32. The molecule has 6 heteroatoms. The van der Waals surface area contributed by atoms with Gasteiger partial charge in [-0.05, 0) is 93.8 Å². The summed E-state index contributed by atoms with van der Waals surface area (Å²) in [7, 11) is 0. The van der Waals surface area contributed by atoms with Crippen LogP contribution in [0.3, 0.4) is 0 Å². The number of carbonyl (C=O) groups is 1. The molecule has 0 atom stereocenters. The van der Waals surface area contributed by atoms with E-state index in [0.717, 1.165) is 33.4 Å². The first-order valence-electron chi connectivity index (χ1n) is 10.4. The smallest absolute Gasteiger partial charge is 0.267 e. The molecule has 32 heavy (non-hydrogen) atoms. The van der Waals surface area contributed by atoms with E-state index >= 15 is 0 Å². The van der Waals surface area contributed by atoms with Crippen LogP contribution in [0.5, 0.6) is 5.75 Å². The number of carbonyl (C=O) groups excluding carboxylic acids is 1. The van der Waals surface area contributed by atoms with Crippen LogP contribution >= 0.6 is 11.6 Å². The van der Waals surface area contributed by atoms with Crippen LogP contribution in [0.25, 0.3) is 22.6 Å². The number of fused-ring (bicyclic) bond motifs is 1. The van der Waals surface area contributed by atoms with E-state index in [1.165, 1.54) is 0 Å². The summed E-state index contributed by atoms with van der Waals surface area (Å²) < 4.78 is 12.0. The summed E-state index contributed by atoms with van der Waals surface area (Å²) in [5, 5.41) is 3.60. The number of nitrogens with one attached hydrogen (secondary N) is 1. The van der Waals surface area contributed by atoms with Crippen molar-refractivity contribution in [3.05, 3.63) is 76.3 Å². The number of aryl methyl sites for hydroxylation is 2. The van der Waals surface area contributed by atoms with Crippen LogP contribution in [-0.2, 0) is 4.79 Å². The molecule has 0 saturated carbocycles. The van der Waals surface area contributed by atoms with Crippen LogP contribution in [0.4, 0.5) is 5.69 Å². The second-order valence-electron chi connectivity index (χ2n) is 8.45. The molecule has 0 saturated heterocycles. The maximum absolute atomic E-state index is 13.0. The van der Waals surface area contributed by atoms with Crippen LogP contribution in [-0.4, -0.2) is 16.5 Å². The fourth-order valence-electron chi connectivity index (χ4n) is 3.61. The van der Waals surface area contributed by atoms with E-state index in [9.17, 15) is 4.79 Å². The van der Waals surface area contributed by atoms with E-state index in [1.807, 2.05) is 45.0 Å². The van der Waals surface area contributed by atoms with Crippen molar-refractivity contribution >= 4 is 34.3 Å². The number of rotatable bonds is 5. The van der Waals surface area contributed by atoms with Gasteiger partial charge in [0.25, 0.3) is 5.91 Å². The van der Waals surface area contributed by atoms with Crippen LogP contribution < -0.4 is 10.1 Å². The lowest BCUT2D eigenvalue weighted by Gasteiger charge is -2.26. The zero-order chi connectivity index (χ0) is 23.0. The highest BCUT2D eigenvalue weighted by Gasteiger charge is 2.30. The van der Waals surface area contributed by atoms with E-state index in [4.69, 9.17) is 20.8 Å². The fraction of sp³-hybridized carbons (Fsp3) is 0.231. The standard InChI is InChI=1S/C26H25ClN2O3/c1-15-13-16(2)23-22(14-15)28-24(31-23)20-7-6-8-21(17(20)3)29-25(30)26(4,5)32-19-11-9-18(27)10-12-19/h6-14H,1-5H3,(H,29,30). The Labute approximate surface area is 192 Å². The molecule has 0 aliphatic heterocycles. The quantitative estimate of drug-likeness (QED) is 0.361. The third-order valence-electron chi connectivity index (χ3n) is 5.37. The number of hydrogen-bond acceptors (Lipinski definition) is 4. The maximum atomic E-state index is 13.0. The number of ether oxygens (including phenoxy) is 1. The lowest BCUT2D eigenvalue weighted by molar-refractivity contribution is -0.128. The predicted molar refractivity (Wildman–Crippen MR) is 128 cm³/mol. The molecule has 0 spiro atoms. The molecule has 1 N–H and O–H groups in total. The van der Waals surface area contributed by atoms with Gasteiger partial charge >= 0.3 is 0 Å². The number of nitrogens with zero attached hydrogens (tertiary/aromatic N) is 1. The lowest BCUT2D eigenvalue weighted by atomic mass is 10.0. The Balaban J connectivity index is 1.60. The van der Waals surface area contributed by atoms with Gasteiger partial charge < -0.3 is 14.5 Å². The molecular formula is C26H25ClN2O3. The Morgan fingerprint density at radius 1 is 1.06 bits per heavy atom. The SMILES string of the molecule is Cc1cc(C)c2oc(-c3cccc(NC(=O)C(C)(C)Oc4ccc(Cl)cc4)c3C)nc2c1. The van der Waals surface area contributed by atoms with Gasteiger partial charge in [-0.3, -0.25) is 4.79 Å². The minimum Gasteiger partial charge on any atom is -0.478 e. The van der Waals surface area contributed by atoms with Crippen molar-refractivity contribution in [2.24, 2.45) is 0 Å².